The van der Waals surface area contributed by atoms with E-state index >= 15 is 0 Å². The number of aromatic nitrogens is 2. The second-order valence-corrected chi connectivity index (χ2v) is 4.15. The Morgan fingerprint density at radius 3 is 2.67 bits per heavy atom. The van der Waals surface area contributed by atoms with E-state index in [1.807, 2.05) is 13.8 Å². The summed E-state index contributed by atoms with van der Waals surface area (Å²) in [4.78, 5) is 15.9. The van der Waals surface area contributed by atoms with E-state index in [4.69, 9.17) is 9.26 Å². The fraction of sp³-hybridized carbons (Fsp3) is 0.308. The Bertz CT molecular complexity index is 561. The quantitative estimate of drug-likeness (QED) is 0.779. The number of rotatable bonds is 3. The fourth-order valence-electron chi connectivity index (χ4n) is 1.54. The Morgan fingerprint density at radius 2 is 2.06 bits per heavy atom. The average Bonchev–Trinajstić information content (AvgIpc) is 2.87. The molecule has 0 saturated heterocycles. The maximum absolute atomic E-state index is 11.6. The molecular formula is C13H14N2O3. The molecule has 0 saturated carbocycles. The molecule has 0 atom stereocenters. The van der Waals surface area contributed by atoms with Crippen LogP contribution in [0.2, 0.25) is 0 Å². The summed E-state index contributed by atoms with van der Waals surface area (Å²) in [6.45, 7) is 3.95. The van der Waals surface area contributed by atoms with E-state index in [9.17, 15) is 4.79 Å². The number of carbonyl (C=O) groups excluding carboxylic acids is 1. The molecule has 0 amide bonds. The Morgan fingerprint density at radius 1 is 1.33 bits per heavy atom. The van der Waals surface area contributed by atoms with Crippen LogP contribution < -0.4 is 0 Å². The van der Waals surface area contributed by atoms with Gasteiger partial charge in [0.15, 0.2) is 5.82 Å². The Kier molecular flexibility index (Phi) is 3.41. The van der Waals surface area contributed by atoms with Crippen LogP contribution in [0.1, 0.15) is 35.9 Å². The minimum Gasteiger partial charge on any atom is -0.465 e. The van der Waals surface area contributed by atoms with Gasteiger partial charge in [0.05, 0.1) is 18.2 Å². The SMILES string of the molecule is COC(=O)c1ccccc1-c1nc(C(C)C)no1. The number of carbonyl (C=O) groups is 1. The molecule has 0 bridgehead atoms. The lowest BCUT2D eigenvalue weighted by Crippen LogP contribution is -2.03. The largest absolute Gasteiger partial charge is 0.465 e. The van der Waals surface area contributed by atoms with Gasteiger partial charge in [0.2, 0.25) is 0 Å². The highest BCUT2D eigenvalue weighted by Gasteiger charge is 2.18. The lowest BCUT2D eigenvalue weighted by molar-refractivity contribution is 0.0601. The highest BCUT2D eigenvalue weighted by molar-refractivity contribution is 5.96. The number of hydrogen-bond donors (Lipinski definition) is 0. The maximum atomic E-state index is 11.6. The van der Waals surface area contributed by atoms with E-state index in [1.165, 1.54) is 7.11 Å². The molecule has 1 aromatic heterocycles. The highest BCUT2D eigenvalue weighted by Crippen LogP contribution is 2.24. The number of benzene rings is 1. The number of ether oxygens (including phenoxy) is 1. The van der Waals surface area contributed by atoms with Gasteiger partial charge >= 0.3 is 5.97 Å². The normalized spacial score (nSPS) is 10.7. The predicted molar refractivity (Wildman–Crippen MR) is 65.2 cm³/mol. The van der Waals surface area contributed by atoms with Crippen LogP contribution in [0.4, 0.5) is 0 Å². The molecule has 2 aromatic rings. The lowest BCUT2D eigenvalue weighted by atomic mass is 10.1. The molecular weight excluding hydrogens is 232 g/mol. The predicted octanol–water partition coefficient (Wildman–Crippen LogP) is 2.65. The van der Waals surface area contributed by atoms with Gasteiger partial charge in [0.25, 0.3) is 5.89 Å². The molecule has 18 heavy (non-hydrogen) atoms. The third-order valence-corrected chi connectivity index (χ3v) is 2.52. The third-order valence-electron chi connectivity index (χ3n) is 2.52. The molecule has 5 nitrogen and oxygen atoms in total. The number of hydrogen-bond acceptors (Lipinski definition) is 5. The number of nitrogens with zero attached hydrogens (tertiary/aromatic N) is 2. The van der Waals surface area contributed by atoms with Crippen molar-refractivity contribution in [3.63, 3.8) is 0 Å². The first-order valence-corrected chi connectivity index (χ1v) is 5.64. The van der Waals surface area contributed by atoms with Crippen molar-refractivity contribution >= 4 is 5.97 Å². The molecule has 0 aliphatic rings. The molecule has 1 aromatic carbocycles. The molecule has 5 heteroatoms. The van der Waals surface area contributed by atoms with Crippen LogP contribution in [0.25, 0.3) is 11.5 Å². The van der Waals surface area contributed by atoms with Crippen molar-refractivity contribution in [2.75, 3.05) is 7.11 Å². The molecule has 0 N–H and O–H groups in total. The van der Waals surface area contributed by atoms with Gasteiger partial charge in [-0.15, -0.1) is 0 Å². The number of esters is 1. The maximum Gasteiger partial charge on any atom is 0.338 e. The first kappa shape index (κ1) is 12.3. The summed E-state index contributed by atoms with van der Waals surface area (Å²) < 4.78 is 9.90. The standard InChI is InChI=1S/C13H14N2O3/c1-8(2)11-14-12(18-15-11)9-6-4-5-7-10(9)13(16)17-3/h4-8H,1-3H3. The van der Waals surface area contributed by atoms with E-state index < -0.39 is 5.97 Å². The first-order chi connectivity index (χ1) is 8.63. The lowest BCUT2D eigenvalue weighted by Gasteiger charge is -2.02. The topological polar surface area (TPSA) is 65.2 Å². The monoisotopic (exact) mass is 246 g/mol. The first-order valence-electron chi connectivity index (χ1n) is 5.64. The molecule has 1 heterocycles. The minimum absolute atomic E-state index is 0.174. The number of methoxy groups -OCH3 is 1. The van der Waals surface area contributed by atoms with Gasteiger partial charge in [-0.3, -0.25) is 0 Å². The summed E-state index contributed by atoms with van der Waals surface area (Å²) in [6.07, 6.45) is 0. The van der Waals surface area contributed by atoms with Gasteiger partial charge in [0.1, 0.15) is 0 Å². The summed E-state index contributed by atoms with van der Waals surface area (Å²) in [6, 6.07) is 6.99. The zero-order chi connectivity index (χ0) is 13.1. The Labute approximate surface area is 105 Å². The van der Waals surface area contributed by atoms with Crippen molar-refractivity contribution in [1.82, 2.24) is 10.1 Å². The average molecular weight is 246 g/mol. The van der Waals surface area contributed by atoms with Crippen molar-refractivity contribution < 1.29 is 14.1 Å². The van der Waals surface area contributed by atoms with Crippen molar-refractivity contribution in [3.05, 3.63) is 35.7 Å². The smallest absolute Gasteiger partial charge is 0.338 e. The second-order valence-electron chi connectivity index (χ2n) is 4.15. The van der Waals surface area contributed by atoms with Crippen LogP contribution in [-0.2, 0) is 4.74 Å². The van der Waals surface area contributed by atoms with Gasteiger partial charge in [-0.2, -0.15) is 4.98 Å². The van der Waals surface area contributed by atoms with Crippen molar-refractivity contribution in [3.8, 4) is 11.5 Å². The van der Waals surface area contributed by atoms with E-state index in [1.54, 1.807) is 24.3 Å². The summed E-state index contributed by atoms with van der Waals surface area (Å²) >= 11 is 0. The van der Waals surface area contributed by atoms with Crippen molar-refractivity contribution in [1.29, 1.82) is 0 Å². The van der Waals surface area contributed by atoms with E-state index in [0.29, 0.717) is 22.8 Å². The zero-order valence-electron chi connectivity index (χ0n) is 10.5. The Balaban J connectivity index is 2.46. The molecule has 94 valence electrons. The summed E-state index contributed by atoms with van der Waals surface area (Å²) in [7, 11) is 1.34. The van der Waals surface area contributed by atoms with Crippen LogP contribution >= 0.6 is 0 Å². The molecule has 0 aliphatic carbocycles. The zero-order valence-corrected chi connectivity index (χ0v) is 10.5. The van der Waals surface area contributed by atoms with Crippen LogP contribution in [0, 0.1) is 0 Å². The fourth-order valence-corrected chi connectivity index (χ4v) is 1.54. The van der Waals surface area contributed by atoms with E-state index in [0.717, 1.165) is 0 Å². The highest BCUT2D eigenvalue weighted by atomic mass is 16.5. The van der Waals surface area contributed by atoms with Gasteiger partial charge in [0, 0.05) is 5.92 Å². The molecule has 0 spiro atoms. The van der Waals surface area contributed by atoms with Gasteiger partial charge in [-0.1, -0.05) is 31.1 Å². The summed E-state index contributed by atoms with van der Waals surface area (Å²) in [5.74, 6) is 0.701. The molecule has 0 unspecified atom stereocenters. The van der Waals surface area contributed by atoms with Crippen LogP contribution in [0.15, 0.2) is 28.8 Å². The van der Waals surface area contributed by atoms with Gasteiger partial charge in [-0.05, 0) is 12.1 Å². The van der Waals surface area contributed by atoms with Crippen molar-refractivity contribution in [2.24, 2.45) is 0 Å². The summed E-state index contributed by atoms with van der Waals surface area (Å²) in [5.41, 5.74) is 1.00. The molecule has 0 radical (unpaired) electrons. The van der Waals surface area contributed by atoms with Crippen LogP contribution in [-0.4, -0.2) is 23.2 Å². The third kappa shape index (κ3) is 2.25. The molecule has 0 aliphatic heterocycles. The second kappa shape index (κ2) is 5.00. The minimum atomic E-state index is -0.421. The Hall–Kier alpha value is -2.17. The molecule has 0 fully saturated rings. The van der Waals surface area contributed by atoms with E-state index in [2.05, 4.69) is 10.1 Å². The van der Waals surface area contributed by atoms with Crippen LogP contribution in [0.3, 0.4) is 0 Å². The van der Waals surface area contributed by atoms with Crippen molar-refractivity contribution in [2.45, 2.75) is 19.8 Å². The van der Waals surface area contributed by atoms with Crippen LogP contribution in [0.5, 0.6) is 0 Å². The van der Waals surface area contributed by atoms with Gasteiger partial charge < -0.3 is 9.26 Å². The van der Waals surface area contributed by atoms with Gasteiger partial charge in [-0.25, -0.2) is 4.79 Å². The molecule has 2 rings (SSSR count). The summed E-state index contributed by atoms with van der Waals surface area (Å²) in [5, 5.41) is 3.88. The van der Waals surface area contributed by atoms with E-state index in [-0.39, 0.29) is 5.92 Å².